The summed E-state index contributed by atoms with van der Waals surface area (Å²) in [4.78, 5) is 4.58. The fourth-order valence-corrected chi connectivity index (χ4v) is 2.23. The van der Waals surface area contributed by atoms with Crippen LogP contribution in [0.3, 0.4) is 0 Å². The molecule has 0 radical (unpaired) electrons. The second-order valence-electron chi connectivity index (χ2n) is 4.51. The molecule has 1 nitrogen and oxygen atoms in total. The first-order valence-electron chi connectivity index (χ1n) is 6.10. The zero-order valence-electron chi connectivity index (χ0n) is 9.75. The summed E-state index contributed by atoms with van der Waals surface area (Å²) in [5.74, 6) is 0.686. The lowest BCUT2D eigenvalue weighted by atomic mass is 9.86. The lowest BCUT2D eigenvalue weighted by Crippen LogP contribution is -2.13. The fraction of sp³-hybridized carbons (Fsp3) is 0.500. The summed E-state index contributed by atoms with van der Waals surface area (Å²) in [5.41, 5.74) is 2.16. The molecule has 0 heterocycles. The minimum Gasteiger partial charge on any atom is -0.258 e. The average Bonchev–Trinajstić information content (AvgIpc) is 2.33. The van der Waals surface area contributed by atoms with Gasteiger partial charge in [0.2, 0.25) is 0 Å². The Morgan fingerprint density at radius 3 is 2.38 bits per heavy atom. The van der Waals surface area contributed by atoms with Crippen molar-refractivity contribution in [1.82, 2.24) is 0 Å². The molecule has 2 heteroatoms. The minimum absolute atomic E-state index is 0.196. The highest BCUT2D eigenvalue weighted by Gasteiger charge is 2.15. The van der Waals surface area contributed by atoms with Gasteiger partial charge >= 0.3 is 0 Å². The Bertz CT molecular complexity index is 357. The smallest absolute Gasteiger partial charge is 0.123 e. The first kappa shape index (κ1) is 11.3. The van der Waals surface area contributed by atoms with Crippen LogP contribution in [0, 0.1) is 11.7 Å². The number of nitrogens with zero attached hydrogens (tertiary/aromatic N) is 1. The normalized spacial score (nSPS) is 20.9. The fourth-order valence-electron chi connectivity index (χ4n) is 2.23. The Balaban J connectivity index is 2.00. The monoisotopic (exact) mass is 219 g/mol. The van der Waals surface area contributed by atoms with Gasteiger partial charge in [0, 0.05) is 5.71 Å². The van der Waals surface area contributed by atoms with Crippen molar-refractivity contribution in [2.45, 2.75) is 39.0 Å². The maximum absolute atomic E-state index is 12.7. The topological polar surface area (TPSA) is 12.4 Å². The first-order valence-corrected chi connectivity index (χ1v) is 6.10. The van der Waals surface area contributed by atoms with E-state index < -0.39 is 0 Å². The van der Waals surface area contributed by atoms with Gasteiger partial charge in [0.05, 0.1) is 5.69 Å². The number of hydrogen-bond donors (Lipinski definition) is 0. The van der Waals surface area contributed by atoms with Crippen molar-refractivity contribution in [3.63, 3.8) is 0 Å². The molecule has 1 aliphatic rings. The molecule has 0 aliphatic heterocycles. The molecular weight excluding hydrogens is 201 g/mol. The van der Waals surface area contributed by atoms with Crippen LogP contribution >= 0.6 is 0 Å². The van der Waals surface area contributed by atoms with E-state index in [0.717, 1.165) is 24.4 Å². The van der Waals surface area contributed by atoms with Gasteiger partial charge in [0.1, 0.15) is 5.82 Å². The molecule has 0 spiro atoms. The predicted octanol–water partition coefficient (Wildman–Crippen LogP) is 4.50. The highest BCUT2D eigenvalue weighted by Crippen LogP contribution is 2.26. The molecule has 86 valence electrons. The van der Waals surface area contributed by atoms with Gasteiger partial charge in [-0.15, -0.1) is 0 Å². The molecule has 0 unspecified atom stereocenters. The number of aliphatic imine (C=N–C) groups is 1. The molecule has 1 aromatic rings. The van der Waals surface area contributed by atoms with Crippen LogP contribution in [-0.2, 0) is 0 Å². The molecule has 0 N–H and O–H groups in total. The third kappa shape index (κ3) is 2.91. The van der Waals surface area contributed by atoms with E-state index >= 15 is 0 Å². The first-order chi connectivity index (χ1) is 7.78. The average molecular weight is 219 g/mol. The van der Waals surface area contributed by atoms with Crippen LogP contribution in [0.1, 0.15) is 39.0 Å². The standard InChI is InChI=1S/C14H18FN/c1-2-11-3-7-13(8-4-11)16-14-9-5-12(15)6-10-14/h5-6,9-11H,2-4,7-8H2,1H3. The SMILES string of the molecule is CCC1CCC(=Nc2ccc(F)cc2)CC1. The summed E-state index contributed by atoms with van der Waals surface area (Å²) in [6, 6.07) is 6.43. The number of halogens is 1. The van der Waals surface area contributed by atoms with Crippen molar-refractivity contribution in [1.29, 1.82) is 0 Å². The number of benzene rings is 1. The van der Waals surface area contributed by atoms with Gasteiger partial charge in [-0.25, -0.2) is 4.39 Å². The molecule has 1 fully saturated rings. The van der Waals surface area contributed by atoms with Crippen LogP contribution in [0.25, 0.3) is 0 Å². The van der Waals surface area contributed by atoms with Gasteiger partial charge in [-0.05, 0) is 55.9 Å². The third-order valence-electron chi connectivity index (χ3n) is 3.37. The zero-order chi connectivity index (χ0) is 11.4. The summed E-state index contributed by atoms with van der Waals surface area (Å²) >= 11 is 0. The van der Waals surface area contributed by atoms with Crippen molar-refractivity contribution < 1.29 is 4.39 Å². The van der Waals surface area contributed by atoms with Gasteiger partial charge < -0.3 is 0 Å². The van der Waals surface area contributed by atoms with Crippen LogP contribution in [0.2, 0.25) is 0 Å². The summed E-state index contributed by atoms with van der Waals surface area (Å²) in [6.07, 6.45) is 6.02. The lowest BCUT2D eigenvalue weighted by molar-refractivity contribution is 0.429. The van der Waals surface area contributed by atoms with Crippen molar-refractivity contribution >= 4 is 11.4 Å². The predicted molar refractivity (Wildman–Crippen MR) is 65.7 cm³/mol. The highest BCUT2D eigenvalue weighted by atomic mass is 19.1. The molecule has 2 rings (SSSR count). The Kier molecular flexibility index (Phi) is 3.70. The van der Waals surface area contributed by atoms with Gasteiger partial charge in [-0.3, -0.25) is 4.99 Å². The molecule has 0 atom stereocenters. The minimum atomic E-state index is -0.196. The summed E-state index contributed by atoms with van der Waals surface area (Å²) in [5, 5.41) is 0. The van der Waals surface area contributed by atoms with E-state index in [1.54, 1.807) is 12.1 Å². The Hall–Kier alpha value is -1.18. The van der Waals surface area contributed by atoms with Crippen LogP contribution in [0.4, 0.5) is 10.1 Å². The lowest BCUT2D eigenvalue weighted by Gasteiger charge is -2.21. The summed E-state index contributed by atoms with van der Waals surface area (Å²) < 4.78 is 12.7. The largest absolute Gasteiger partial charge is 0.258 e. The number of hydrogen-bond acceptors (Lipinski definition) is 1. The van der Waals surface area contributed by atoms with Crippen molar-refractivity contribution in [3.8, 4) is 0 Å². The molecular formula is C14H18FN. The third-order valence-corrected chi connectivity index (χ3v) is 3.37. The maximum Gasteiger partial charge on any atom is 0.123 e. The van der Waals surface area contributed by atoms with Gasteiger partial charge in [-0.2, -0.15) is 0 Å². The quantitative estimate of drug-likeness (QED) is 0.694. The Morgan fingerprint density at radius 2 is 1.81 bits per heavy atom. The molecule has 1 aromatic carbocycles. The highest BCUT2D eigenvalue weighted by molar-refractivity contribution is 5.87. The van der Waals surface area contributed by atoms with Crippen molar-refractivity contribution in [3.05, 3.63) is 30.1 Å². The summed E-state index contributed by atoms with van der Waals surface area (Å²) in [7, 11) is 0. The second-order valence-corrected chi connectivity index (χ2v) is 4.51. The van der Waals surface area contributed by atoms with Crippen LogP contribution < -0.4 is 0 Å². The van der Waals surface area contributed by atoms with Gasteiger partial charge in [-0.1, -0.05) is 13.3 Å². The molecule has 0 bridgehead atoms. The van der Waals surface area contributed by atoms with Gasteiger partial charge in [0.15, 0.2) is 0 Å². The van der Waals surface area contributed by atoms with Crippen LogP contribution in [-0.4, -0.2) is 5.71 Å². The van der Waals surface area contributed by atoms with E-state index in [1.807, 2.05) is 0 Å². The van der Waals surface area contributed by atoms with Crippen molar-refractivity contribution in [2.75, 3.05) is 0 Å². The zero-order valence-corrected chi connectivity index (χ0v) is 9.75. The molecule has 0 saturated heterocycles. The number of rotatable bonds is 2. The van der Waals surface area contributed by atoms with E-state index in [0.29, 0.717) is 0 Å². The van der Waals surface area contributed by atoms with Gasteiger partial charge in [0.25, 0.3) is 0 Å². The van der Waals surface area contributed by atoms with E-state index in [-0.39, 0.29) is 5.82 Å². The van der Waals surface area contributed by atoms with Crippen LogP contribution in [0.5, 0.6) is 0 Å². The van der Waals surface area contributed by atoms with E-state index in [9.17, 15) is 4.39 Å². The Labute approximate surface area is 96.4 Å². The molecule has 0 amide bonds. The van der Waals surface area contributed by atoms with E-state index in [4.69, 9.17) is 0 Å². The Morgan fingerprint density at radius 1 is 1.19 bits per heavy atom. The van der Waals surface area contributed by atoms with E-state index in [2.05, 4.69) is 11.9 Å². The van der Waals surface area contributed by atoms with E-state index in [1.165, 1.54) is 37.1 Å². The second kappa shape index (κ2) is 5.24. The molecule has 0 aromatic heterocycles. The van der Waals surface area contributed by atoms with Crippen LogP contribution in [0.15, 0.2) is 29.3 Å². The molecule has 16 heavy (non-hydrogen) atoms. The maximum atomic E-state index is 12.7. The molecule has 1 aliphatic carbocycles. The van der Waals surface area contributed by atoms with Crippen molar-refractivity contribution in [2.24, 2.45) is 10.9 Å². The summed E-state index contributed by atoms with van der Waals surface area (Å²) in [6.45, 7) is 2.26. The molecule has 1 saturated carbocycles.